The highest BCUT2D eigenvalue weighted by atomic mass is 32.2. The highest BCUT2D eigenvalue weighted by Gasteiger charge is 2.32. The van der Waals surface area contributed by atoms with Crippen LogP contribution in [0.15, 0.2) is 36.4 Å². The smallest absolute Gasteiger partial charge is 0.317 e. The van der Waals surface area contributed by atoms with Crippen molar-refractivity contribution in [3.63, 3.8) is 0 Å². The molecule has 2 aliphatic rings. The van der Waals surface area contributed by atoms with Crippen LogP contribution in [0.4, 0.5) is 4.79 Å². The van der Waals surface area contributed by atoms with Gasteiger partial charge >= 0.3 is 6.03 Å². The summed E-state index contributed by atoms with van der Waals surface area (Å²) in [7, 11) is 6.42. The van der Waals surface area contributed by atoms with Crippen molar-refractivity contribution in [3.8, 4) is 17.0 Å². The van der Waals surface area contributed by atoms with Crippen LogP contribution in [0.25, 0.3) is 22.2 Å². The lowest BCUT2D eigenvalue weighted by Gasteiger charge is -2.25. The van der Waals surface area contributed by atoms with Gasteiger partial charge in [0.2, 0.25) is 0 Å². The maximum Gasteiger partial charge on any atom is 0.317 e. The number of aliphatic hydroxyl groups excluding tert-OH is 1. The number of benzene rings is 2. The number of amides is 2. The molecule has 11 nitrogen and oxygen atoms in total. The third kappa shape index (κ3) is 7.15. The molecule has 12 heteroatoms. The highest BCUT2D eigenvalue weighted by Crippen LogP contribution is 2.47. The van der Waals surface area contributed by atoms with Crippen LogP contribution in [0.2, 0.25) is 0 Å². The second-order valence-electron chi connectivity index (χ2n) is 12.9. The van der Waals surface area contributed by atoms with E-state index in [1.54, 1.807) is 12.0 Å². The van der Waals surface area contributed by atoms with Crippen molar-refractivity contribution in [1.29, 1.82) is 0 Å². The summed E-state index contributed by atoms with van der Waals surface area (Å²) in [5, 5.41) is 15.4. The number of nitrogens with one attached hydrogen (secondary N) is 2. The fourth-order valence-corrected chi connectivity index (χ4v) is 7.27. The van der Waals surface area contributed by atoms with Crippen LogP contribution in [0.5, 0.6) is 5.75 Å². The molecule has 1 aliphatic heterocycles. The minimum atomic E-state index is -3.86. The molecule has 2 heterocycles. The van der Waals surface area contributed by atoms with Crippen molar-refractivity contribution in [3.05, 3.63) is 53.1 Å². The van der Waals surface area contributed by atoms with Gasteiger partial charge in [-0.15, -0.1) is 0 Å². The fraction of sp³-hybridized carbons (Fsp3) is 0.545. The standard InChI is InChI=1S/C33H48N6O5S/c1-36(2)16-17-38(5)33(41)34-25-18-24-19-26(44-6)13-15-27(24)31-30(22-10-8-7-9-11-22)28-14-12-23(20-29(28)39(31)21-25)32(40)35-45(42,43)37(3)4/h12-15,19-20,22,25,32,35,40H,7-11,16-18,21H2,1-6H3,(H,34,41). The number of rotatable bonds is 10. The molecular weight excluding hydrogens is 592 g/mol. The van der Waals surface area contributed by atoms with Crippen molar-refractivity contribution in [2.45, 2.75) is 63.3 Å². The van der Waals surface area contributed by atoms with Gasteiger partial charge in [0, 0.05) is 57.2 Å². The zero-order chi connectivity index (χ0) is 32.5. The first kappa shape index (κ1) is 33.2. The molecule has 1 saturated carbocycles. The number of fused-ring (bicyclic) bond motifs is 5. The number of hydrogen-bond acceptors (Lipinski definition) is 6. The second-order valence-corrected chi connectivity index (χ2v) is 14.8. The lowest BCUT2D eigenvalue weighted by molar-refractivity contribution is 0.164. The van der Waals surface area contributed by atoms with Gasteiger partial charge in [-0.05, 0) is 80.2 Å². The third-order valence-corrected chi connectivity index (χ3v) is 10.7. The van der Waals surface area contributed by atoms with Crippen LogP contribution < -0.4 is 14.8 Å². The maximum atomic E-state index is 13.4. The monoisotopic (exact) mass is 640 g/mol. The van der Waals surface area contributed by atoms with Crippen molar-refractivity contribution in [2.24, 2.45) is 0 Å². The Hall–Kier alpha value is -3.16. The highest BCUT2D eigenvalue weighted by molar-refractivity contribution is 7.87. The molecule has 0 spiro atoms. The molecule has 1 fully saturated rings. The lowest BCUT2D eigenvalue weighted by atomic mass is 9.81. The summed E-state index contributed by atoms with van der Waals surface area (Å²) in [5.74, 6) is 1.14. The molecule has 45 heavy (non-hydrogen) atoms. The number of urea groups is 1. The van der Waals surface area contributed by atoms with E-state index in [1.807, 2.05) is 50.3 Å². The Morgan fingerprint density at radius 2 is 1.78 bits per heavy atom. The van der Waals surface area contributed by atoms with Crippen molar-refractivity contribution >= 4 is 27.1 Å². The first-order valence-corrected chi connectivity index (χ1v) is 17.2. The Morgan fingerprint density at radius 3 is 2.44 bits per heavy atom. The molecule has 5 rings (SSSR count). The number of likely N-dealkylation sites (N-methyl/N-ethyl adjacent to an activating group) is 2. The molecule has 0 saturated heterocycles. The number of methoxy groups -OCH3 is 1. The van der Waals surface area contributed by atoms with Gasteiger partial charge in [0.25, 0.3) is 10.2 Å². The van der Waals surface area contributed by atoms with Crippen LogP contribution in [0.3, 0.4) is 0 Å². The molecular formula is C33H48N6O5S. The Labute approximate surface area is 267 Å². The SMILES string of the molecule is COc1ccc2c(c1)CC(NC(=O)N(C)CCN(C)C)Cn1c-2c(C2CCCCC2)c2ccc(C(O)NS(=O)(=O)N(C)C)cc21. The van der Waals surface area contributed by atoms with Gasteiger partial charge in [0.05, 0.1) is 18.8 Å². The van der Waals surface area contributed by atoms with Crippen LogP contribution in [0.1, 0.15) is 60.9 Å². The summed E-state index contributed by atoms with van der Waals surface area (Å²) >= 11 is 0. The van der Waals surface area contributed by atoms with Crippen molar-refractivity contribution in [2.75, 3.05) is 55.4 Å². The topological polar surface area (TPSA) is 119 Å². The van der Waals surface area contributed by atoms with E-state index < -0.39 is 16.4 Å². The minimum Gasteiger partial charge on any atom is -0.497 e. The predicted molar refractivity (Wildman–Crippen MR) is 178 cm³/mol. The Kier molecular flexibility index (Phi) is 10.1. The van der Waals surface area contributed by atoms with Crippen LogP contribution >= 0.6 is 0 Å². The van der Waals surface area contributed by atoms with E-state index in [4.69, 9.17) is 4.74 Å². The molecule has 2 atom stereocenters. The van der Waals surface area contributed by atoms with E-state index in [2.05, 4.69) is 26.7 Å². The zero-order valence-electron chi connectivity index (χ0n) is 27.3. The number of carbonyl (C=O) groups excluding carboxylic acids is 1. The molecule has 1 aromatic heterocycles. The zero-order valence-corrected chi connectivity index (χ0v) is 28.2. The Balaban J connectivity index is 1.65. The molecule has 246 valence electrons. The van der Waals surface area contributed by atoms with Gasteiger partial charge in [-0.2, -0.15) is 17.4 Å². The van der Waals surface area contributed by atoms with E-state index in [0.29, 0.717) is 31.0 Å². The summed E-state index contributed by atoms with van der Waals surface area (Å²) in [5.41, 5.74) is 6.00. The van der Waals surface area contributed by atoms with E-state index in [9.17, 15) is 18.3 Å². The van der Waals surface area contributed by atoms with Crippen molar-refractivity contribution < 1.29 is 23.1 Å². The molecule has 2 unspecified atom stereocenters. The van der Waals surface area contributed by atoms with E-state index in [1.165, 1.54) is 38.9 Å². The van der Waals surface area contributed by atoms with Gasteiger partial charge in [-0.25, -0.2) is 4.79 Å². The Bertz CT molecular complexity index is 1630. The second kappa shape index (κ2) is 13.7. The first-order chi connectivity index (χ1) is 21.4. The third-order valence-electron chi connectivity index (χ3n) is 9.19. The van der Waals surface area contributed by atoms with Crippen LogP contribution in [-0.2, 0) is 23.2 Å². The Morgan fingerprint density at radius 1 is 1.04 bits per heavy atom. The van der Waals surface area contributed by atoms with Gasteiger partial charge in [-0.1, -0.05) is 31.4 Å². The summed E-state index contributed by atoms with van der Waals surface area (Å²) < 4.78 is 36.4. The molecule has 0 bridgehead atoms. The number of hydrogen-bond donors (Lipinski definition) is 3. The summed E-state index contributed by atoms with van der Waals surface area (Å²) in [4.78, 5) is 17.2. The van der Waals surface area contributed by atoms with E-state index in [-0.39, 0.29) is 12.1 Å². The molecule has 2 aromatic carbocycles. The number of nitrogens with zero attached hydrogens (tertiary/aromatic N) is 4. The normalized spacial score (nSPS) is 18.0. The van der Waals surface area contributed by atoms with Gasteiger partial charge in [0.1, 0.15) is 12.0 Å². The molecule has 3 N–H and O–H groups in total. The first-order valence-electron chi connectivity index (χ1n) is 15.8. The van der Waals surface area contributed by atoms with Crippen LogP contribution in [0, 0.1) is 0 Å². The van der Waals surface area contributed by atoms with E-state index >= 15 is 0 Å². The molecule has 3 aromatic rings. The van der Waals surface area contributed by atoms with Gasteiger partial charge < -0.3 is 29.5 Å². The number of aliphatic hydroxyl groups is 1. The van der Waals surface area contributed by atoms with Crippen LogP contribution in [-0.4, -0.2) is 99.7 Å². The lowest BCUT2D eigenvalue weighted by Crippen LogP contribution is -2.47. The average molecular weight is 641 g/mol. The number of aromatic nitrogens is 1. The van der Waals surface area contributed by atoms with Crippen molar-refractivity contribution in [1.82, 2.24) is 28.7 Å². The minimum absolute atomic E-state index is 0.132. The number of ether oxygens (including phenoxy) is 1. The predicted octanol–water partition coefficient (Wildman–Crippen LogP) is 3.88. The van der Waals surface area contributed by atoms with E-state index in [0.717, 1.165) is 57.2 Å². The largest absolute Gasteiger partial charge is 0.497 e. The molecule has 1 aliphatic carbocycles. The fourth-order valence-electron chi connectivity index (χ4n) is 6.64. The molecule has 2 amide bonds. The average Bonchev–Trinajstić information content (AvgIpc) is 3.23. The molecule has 0 radical (unpaired) electrons. The van der Waals surface area contributed by atoms with Gasteiger partial charge in [0.15, 0.2) is 0 Å². The summed E-state index contributed by atoms with van der Waals surface area (Å²) in [6.45, 7) is 1.88. The summed E-state index contributed by atoms with van der Waals surface area (Å²) in [6.07, 6.45) is 4.98. The maximum absolute atomic E-state index is 13.4. The quantitative estimate of drug-likeness (QED) is 0.290. The number of carbonyl (C=O) groups is 1. The summed E-state index contributed by atoms with van der Waals surface area (Å²) in [6, 6.07) is 11.6. The van der Waals surface area contributed by atoms with Gasteiger partial charge in [-0.3, -0.25) is 0 Å².